The van der Waals surface area contributed by atoms with Crippen LogP contribution in [0.2, 0.25) is 0 Å². The average Bonchev–Trinajstić information content (AvgIpc) is 2.06. The van der Waals surface area contributed by atoms with E-state index in [1.54, 1.807) is 6.92 Å². The number of carbonyl (C=O) groups is 2. The van der Waals surface area contributed by atoms with Crippen molar-refractivity contribution in [3.8, 4) is 0 Å². The molecule has 0 aliphatic carbocycles. The second-order valence-electron chi connectivity index (χ2n) is 3.87. The highest BCUT2D eigenvalue weighted by Gasteiger charge is 2.27. The minimum Gasteiger partial charge on any atom is -0.465 e. The van der Waals surface area contributed by atoms with E-state index < -0.39 is 0 Å². The van der Waals surface area contributed by atoms with Gasteiger partial charge in [-0.15, -0.1) is 0 Å². The number of Topliss-reactive ketones (excluding diaryl/α,β-unsaturated/α-hetero) is 1. The van der Waals surface area contributed by atoms with E-state index in [1.807, 2.05) is 0 Å². The van der Waals surface area contributed by atoms with E-state index in [1.165, 1.54) is 0 Å². The van der Waals surface area contributed by atoms with Gasteiger partial charge in [-0.05, 0) is 25.2 Å². The van der Waals surface area contributed by atoms with Gasteiger partial charge in [-0.1, -0.05) is 6.92 Å². The summed E-state index contributed by atoms with van der Waals surface area (Å²) in [6, 6.07) is 0. The molecule has 0 aromatic carbocycles. The first-order valence-corrected chi connectivity index (χ1v) is 4.74. The van der Waals surface area contributed by atoms with Crippen LogP contribution in [0.4, 0.5) is 0 Å². The van der Waals surface area contributed by atoms with Gasteiger partial charge in [-0.3, -0.25) is 4.79 Å². The van der Waals surface area contributed by atoms with Crippen LogP contribution in [0.25, 0.3) is 0 Å². The molecule has 3 nitrogen and oxygen atoms in total. The van der Waals surface area contributed by atoms with Gasteiger partial charge in [0, 0.05) is 12.8 Å². The summed E-state index contributed by atoms with van der Waals surface area (Å²) >= 11 is 0. The standard InChI is InChI=1S/C10H16O3/c1-7-6-13-10(12)5-9(7)4-3-8(2)11/h7,9H,3-6H2,1-2H3/t7-,9-/m1/s1. The SMILES string of the molecule is CC(=O)CC[C@@H]1CC(=O)OC[C@H]1C. The Bertz CT molecular complexity index is 210. The molecule has 2 atom stereocenters. The van der Waals surface area contributed by atoms with Crippen LogP contribution < -0.4 is 0 Å². The molecule has 0 bridgehead atoms. The lowest BCUT2D eigenvalue weighted by Gasteiger charge is -2.27. The highest BCUT2D eigenvalue weighted by atomic mass is 16.5. The highest BCUT2D eigenvalue weighted by Crippen LogP contribution is 2.26. The number of rotatable bonds is 3. The molecule has 3 heteroatoms. The summed E-state index contributed by atoms with van der Waals surface area (Å²) in [5.74, 6) is 0.819. The Hall–Kier alpha value is -0.860. The number of ether oxygens (including phenoxy) is 1. The molecule has 1 saturated heterocycles. The Morgan fingerprint density at radius 2 is 2.31 bits per heavy atom. The number of hydrogen-bond acceptors (Lipinski definition) is 3. The normalized spacial score (nSPS) is 28.3. The molecular weight excluding hydrogens is 168 g/mol. The molecular formula is C10H16O3. The van der Waals surface area contributed by atoms with Crippen molar-refractivity contribution in [2.45, 2.75) is 33.1 Å². The third kappa shape index (κ3) is 3.17. The van der Waals surface area contributed by atoms with Gasteiger partial charge in [-0.2, -0.15) is 0 Å². The van der Waals surface area contributed by atoms with Gasteiger partial charge < -0.3 is 9.53 Å². The minimum absolute atomic E-state index is 0.119. The lowest BCUT2D eigenvalue weighted by atomic mass is 9.85. The summed E-state index contributed by atoms with van der Waals surface area (Å²) in [5.41, 5.74) is 0. The zero-order valence-electron chi connectivity index (χ0n) is 8.21. The minimum atomic E-state index is -0.119. The molecule has 1 aliphatic heterocycles. The van der Waals surface area contributed by atoms with Crippen LogP contribution in [-0.2, 0) is 14.3 Å². The zero-order valence-corrected chi connectivity index (χ0v) is 8.21. The van der Waals surface area contributed by atoms with Gasteiger partial charge >= 0.3 is 5.97 Å². The van der Waals surface area contributed by atoms with E-state index in [0.717, 1.165) is 6.42 Å². The average molecular weight is 184 g/mol. The molecule has 74 valence electrons. The van der Waals surface area contributed by atoms with Gasteiger partial charge in [0.2, 0.25) is 0 Å². The summed E-state index contributed by atoms with van der Waals surface area (Å²) in [4.78, 5) is 21.7. The van der Waals surface area contributed by atoms with E-state index in [-0.39, 0.29) is 11.8 Å². The molecule has 0 amide bonds. The van der Waals surface area contributed by atoms with Crippen molar-refractivity contribution in [2.75, 3.05) is 6.61 Å². The molecule has 1 rings (SSSR count). The van der Waals surface area contributed by atoms with Crippen LogP contribution in [0.1, 0.15) is 33.1 Å². The quantitative estimate of drug-likeness (QED) is 0.625. The zero-order chi connectivity index (χ0) is 9.84. The summed E-state index contributed by atoms with van der Waals surface area (Å²) < 4.78 is 4.90. The third-order valence-corrected chi connectivity index (χ3v) is 2.61. The number of carbonyl (C=O) groups excluding carboxylic acids is 2. The summed E-state index contributed by atoms with van der Waals surface area (Å²) in [7, 11) is 0. The number of cyclic esters (lactones) is 1. The summed E-state index contributed by atoms with van der Waals surface area (Å²) in [5, 5.41) is 0. The highest BCUT2D eigenvalue weighted by molar-refractivity contribution is 5.75. The van der Waals surface area contributed by atoms with Gasteiger partial charge in [0.15, 0.2) is 0 Å². The lowest BCUT2D eigenvalue weighted by Crippen LogP contribution is -2.29. The first-order valence-electron chi connectivity index (χ1n) is 4.74. The van der Waals surface area contributed by atoms with Crippen molar-refractivity contribution in [1.82, 2.24) is 0 Å². The molecule has 0 aromatic rings. The topological polar surface area (TPSA) is 43.4 Å². The van der Waals surface area contributed by atoms with E-state index >= 15 is 0 Å². The molecule has 0 spiro atoms. The maximum Gasteiger partial charge on any atom is 0.306 e. The third-order valence-electron chi connectivity index (χ3n) is 2.61. The van der Waals surface area contributed by atoms with Crippen LogP contribution in [0.3, 0.4) is 0 Å². The van der Waals surface area contributed by atoms with Crippen molar-refractivity contribution in [1.29, 1.82) is 0 Å². The predicted octanol–water partition coefficient (Wildman–Crippen LogP) is 1.55. The molecule has 1 heterocycles. The van der Waals surface area contributed by atoms with E-state index in [4.69, 9.17) is 4.74 Å². The van der Waals surface area contributed by atoms with Gasteiger partial charge in [0.05, 0.1) is 6.61 Å². The van der Waals surface area contributed by atoms with Crippen molar-refractivity contribution >= 4 is 11.8 Å². The van der Waals surface area contributed by atoms with E-state index in [2.05, 4.69) is 6.92 Å². The van der Waals surface area contributed by atoms with Crippen LogP contribution in [0.15, 0.2) is 0 Å². The molecule has 0 unspecified atom stereocenters. The van der Waals surface area contributed by atoms with Gasteiger partial charge in [-0.25, -0.2) is 0 Å². The lowest BCUT2D eigenvalue weighted by molar-refractivity contribution is -0.152. The van der Waals surface area contributed by atoms with E-state index in [0.29, 0.717) is 31.3 Å². The predicted molar refractivity (Wildman–Crippen MR) is 48.1 cm³/mol. The summed E-state index contributed by atoms with van der Waals surface area (Å²) in [6.45, 7) is 4.17. The van der Waals surface area contributed by atoms with Crippen LogP contribution >= 0.6 is 0 Å². The smallest absolute Gasteiger partial charge is 0.306 e. The fraction of sp³-hybridized carbons (Fsp3) is 0.800. The maximum atomic E-state index is 11.0. The number of ketones is 1. The molecule has 1 fully saturated rings. The Morgan fingerprint density at radius 3 is 2.92 bits per heavy atom. The summed E-state index contributed by atoms with van der Waals surface area (Å²) in [6.07, 6.45) is 1.89. The molecule has 0 N–H and O–H groups in total. The Labute approximate surface area is 78.5 Å². The fourth-order valence-corrected chi connectivity index (χ4v) is 1.61. The fourth-order valence-electron chi connectivity index (χ4n) is 1.61. The Morgan fingerprint density at radius 1 is 1.62 bits per heavy atom. The van der Waals surface area contributed by atoms with Crippen molar-refractivity contribution in [3.05, 3.63) is 0 Å². The maximum absolute atomic E-state index is 11.0. The van der Waals surface area contributed by atoms with Crippen LogP contribution in [0, 0.1) is 11.8 Å². The van der Waals surface area contributed by atoms with Crippen molar-refractivity contribution < 1.29 is 14.3 Å². The number of esters is 1. The van der Waals surface area contributed by atoms with Crippen molar-refractivity contribution in [2.24, 2.45) is 11.8 Å². The first-order chi connectivity index (χ1) is 6.09. The molecule has 1 aliphatic rings. The van der Waals surface area contributed by atoms with Crippen LogP contribution in [-0.4, -0.2) is 18.4 Å². The van der Waals surface area contributed by atoms with Crippen LogP contribution in [0.5, 0.6) is 0 Å². The monoisotopic (exact) mass is 184 g/mol. The second-order valence-corrected chi connectivity index (χ2v) is 3.87. The molecule has 0 radical (unpaired) electrons. The largest absolute Gasteiger partial charge is 0.465 e. The first kappa shape index (κ1) is 10.2. The molecule has 0 aromatic heterocycles. The Kier molecular flexibility index (Phi) is 3.46. The molecule has 0 saturated carbocycles. The molecule has 13 heavy (non-hydrogen) atoms. The van der Waals surface area contributed by atoms with Gasteiger partial charge in [0.25, 0.3) is 0 Å². The van der Waals surface area contributed by atoms with Gasteiger partial charge in [0.1, 0.15) is 5.78 Å². The Balaban J connectivity index is 2.37. The van der Waals surface area contributed by atoms with E-state index in [9.17, 15) is 9.59 Å². The van der Waals surface area contributed by atoms with Crippen molar-refractivity contribution in [3.63, 3.8) is 0 Å². The second kappa shape index (κ2) is 4.40. The number of hydrogen-bond donors (Lipinski definition) is 0.